The lowest BCUT2D eigenvalue weighted by atomic mass is 9.33. The van der Waals surface area contributed by atoms with Gasteiger partial charge in [0.15, 0.2) is 0 Å². The molecule has 8 nitrogen and oxygen atoms in total. The Morgan fingerprint density at radius 1 is 0.318 bits per heavy atom. The maximum atomic E-state index is 10.5. The van der Waals surface area contributed by atoms with Crippen molar-refractivity contribution in [3.05, 3.63) is 357 Å². The first-order valence-corrected chi connectivity index (χ1v) is 36.4. The Balaban J connectivity index is 0.978. The first-order valence-electron chi connectivity index (χ1n) is 36.4. The van der Waals surface area contributed by atoms with Crippen LogP contribution in [0.3, 0.4) is 0 Å². The summed E-state index contributed by atoms with van der Waals surface area (Å²) in [5.41, 5.74) is 30.1. The maximum Gasteiger partial charge on any atom is 0.257 e. The molecule has 0 atom stereocenters. The summed E-state index contributed by atoms with van der Waals surface area (Å²) in [5.74, 6) is 0. The van der Waals surface area contributed by atoms with E-state index in [1.807, 2.05) is 12.1 Å². The Hall–Kier alpha value is -14.5. The highest BCUT2D eigenvalue weighted by Crippen LogP contribution is 2.56. The van der Waals surface area contributed by atoms with E-state index in [2.05, 4.69) is 381 Å². The summed E-state index contributed by atoms with van der Waals surface area (Å²) in [6, 6.07) is 131. The third kappa shape index (κ3) is 8.88. The van der Waals surface area contributed by atoms with Gasteiger partial charge in [0, 0.05) is 88.4 Å². The first kappa shape index (κ1) is 60.2. The summed E-state index contributed by atoms with van der Waals surface area (Å²) in [6.45, 7) is 3.54. The average molecular weight is 1360 g/mol. The molecule has 20 aromatic rings. The zero-order chi connectivity index (χ0) is 70.5. The molecule has 9 heteroatoms. The quantitative estimate of drug-likeness (QED) is 0.101. The number of aliphatic imine (C=N–C) groups is 1. The van der Waals surface area contributed by atoms with Gasteiger partial charge in [-0.25, -0.2) is 0 Å². The molecule has 0 radical (unpaired) electrons. The summed E-state index contributed by atoms with van der Waals surface area (Å²) in [6.07, 6.45) is 0. The van der Waals surface area contributed by atoms with E-state index >= 15 is 0 Å². The van der Waals surface area contributed by atoms with Gasteiger partial charge in [0.25, 0.3) is 6.71 Å². The number of rotatable bonds is 10. The number of hydrogen-bond donors (Lipinski definition) is 0. The van der Waals surface area contributed by atoms with Crippen LogP contribution < -0.4 is 26.2 Å². The summed E-state index contributed by atoms with van der Waals surface area (Å²) >= 11 is 0. The SMILES string of the molecule is C=Nc1ccc2c(c1)c1ccccc1n2-c1cc2c(c3oc4ccccc4c13)B1c3ccc(-n4c5ccccc5c5cc(C#N)ccc54)cc3N(c3c(-c4ccccc4)cccc3-c3ccccc3)c3cc(-n4c5ccccc5c5ccccc54)cc(c31)N2c1c(-c2ccccc2)cccc1-c1ccccc1. The lowest BCUT2D eigenvalue weighted by Gasteiger charge is -2.46. The molecule has 107 heavy (non-hydrogen) atoms. The molecule has 0 spiro atoms. The Kier molecular flexibility index (Phi) is 13.2. The van der Waals surface area contributed by atoms with Crippen molar-refractivity contribution in [1.29, 1.82) is 5.26 Å². The number of fused-ring (bicyclic) bond motifs is 17. The van der Waals surface area contributed by atoms with Crippen molar-refractivity contribution < 1.29 is 4.42 Å². The number of hydrogen-bond acceptors (Lipinski definition) is 5. The van der Waals surface area contributed by atoms with Crippen molar-refractivity contribution >= 4 is 157 Å². The first-order chi connectivity index (χ1) is 53.0. The molecule has 2 aliphatic rings. The van der Waals surface area contributed by atoms with Gasteiger partial charge in [0.2, 0.25) is 0 Å². The smallest absolute Gasteiger partial charge is 0.257 e. The molecule has 0 amide bonds. The van der Waals surface area contributed by atoms with E-state index in [1.54, 1.807) is 0 Å². The topological polar surface area (TPSA) is 70.6 Å². The van der Waals surface area contributed by atoms with Crippen LogP contribution in [-0.2, 0) is 0 Å². The molecule has 22 rings (SSSR count). The molecule has 0 N–H and O–H groups in total. The van der Waals surface area contributed by atoms with Crippen LogP contribution in [0, 0.1) is 11.3 Å². The van der Waals surface area contributed by atoms with E-state index in [4.69, 9.17) is 4.42 Å². The highest BCUT2D eigenvalue weighted by Gasteiger charge is 2.48. The standard InChI is InChI=1S/C98H60BN7O/c1-101-66-49-53-86-79(55-66)76-37-17-22-46-84(76)104(86)88-59-91-95(98-93(88)77-38-18-23-47-92(77)107-98)99-80-51-50-67(102-83-45-21-16-36-75(83)78-54-61(60-100)48-52-85(78)102)56-87(80)105(96-69(62-26-6-2-7-27-62)39-24-40-70(96)63-28-8-3-9-29-63)89-57-68(103-81-43-19-14-34-73(81)74-35-15-20-44-82(74)103)58-90(94(89)99)106(91)97-71(64-30-10-4-11-31-64)41-25-42-72(97)65-32-12-5-13-33-65/h2-59H,1H2. The summed E-state index contributed by atoms with van der Waals surface area (Å²) in [4.78, 5) is 9.79. The summed E-state index contributed by atoms with van der Waals surface area (Å²) < 4.78 is 15.3. The van der Waals surface area contributed by atoms with Gasteiger partial charge >= 0.3 is 0 Å². The minimum Gasteiger partial charge on any atom is -0.456 e. The minimum atomic E-state index is -0.486. The fourth-order valence-corrected chi connectivity index (χ4v) is 18.0. The molecular weight excluding hydrogens is 1300 g/mol. The van der Waals surface area contributed by atoms with Gasteiger partial charge in [0.05, 0.1) is 78.6 Å². The van der Waals surface area contributed by atoms with E-state index in [9.17, 15) is 5.26 Å². The zero-order valence-electron chi connectivity index (χ0n) is 57.8. The van der Waals surface area contributed by atoms with Crippen molar-refractivity contribution in [2.45, 2.75) is 0 Å². The Bertz CT molecular complexity index is 7000. The molecular formula is C98H60BN7O. The van der Waals surface area contributed by atoms with Gasteiger partial charge in [-0.05, 0) is 142 Å². The van der Waals surface area contributed by atoms with E-state index in [0.29, 0.717) is 5.56 Å². The summed E-state index contributed by atoms with van der Waals surface area (Å²) in [7, 11) is 0. The van der Waals surface area contributed by atoms with E-state index in [-0.39, 0.29) is 0 Å². The highest BCUT2D eigenvalue weighted by atomic mass is 16.3. The molecule has 0 fully saturated rings. The van der Waals surface area contributed by atoms with Crippen molar-refractivity contribution in [2.24, 2.45) is 4.99 Å². The Labute approximate surface area is 616 Å². The fraction of sp³-hybridized carbons (Fsp3) is 0. The number of benzene rings is 16. The number of nitriles is 1. The number of anilines is 6. The van der Waals surface area contributed by atoms with Crippen LogP contribution in [0.2, 0.25) is 0 Å². The number of para-hydroxylation sites is 7. The fourth-order valence-electron chi connectivity index (χ4n) is 18.0. The van der Waals surface area contributed by atoms with Crippen LogP contribution in [0.15, 0.2) is 361 Å². The van der Waals surface area contributed by atoms with Crippen LogP contribution in [0.5, 0.6) is 0 Å². The van der Waals surface area contributed by atoms with Crippen LogP contribution >= 0.6 is 0 Å². The molecule has 0 bridgehead atoms. The molecule has 0 saturated carbocycles. The van der Waals surface area contributed by atoms with E-state index < -0.39 is 6.71 Å². The third-order valence-corrected chi connectivity index (χ3v) is 22.5. The molecule has 0 aliphatic carbocycles. The molecule has 6 heterocycles. The van der Waals surface area contributed by atoms with Crippen LogP contribution in [0.4, 0.5) is 39.8 Å². The Morgan fingerprint density at radius 2 is 0.729 bits per heavy atom. The predicted octanol–water partition coefficient (Wildman–Crippen LogP) is 23.8. The zero-order valence-corrected chi connectivity index (χ0v) is 57.8. The predicted molar refractivity (Wildman–Crippen MR) is 446 cm³/mol. The maximum absolute atomic E-state index is 10.5. The largest absolute Gasteiger partial charge is 0.456 e. The lowest BCUT2D eigenvalue weighted by Crippen LogP contribution is -2.61. The Morgan fingerprint density at radius 3 is 1.25 bits per heavy atom. The lowest BCUT2D eigenvalue weighted by molar-refractivity contribution is 0.671. The minimum absolute atomic E-state index is 0.486. The van der Waals surface area contributed by atoms with Gasteiger partial charge in [-0.2, -0.15) is 5.26 Å². The number of nitrogens with zero attached hydrogens (tertiary/aromatic N) is 7. The van der Waals surface area contributed by atoms with Crippen LogP contribution in [0.25, 0.3) is 149 Å². The molecule has 16 aromatic carbocycles. The van der Waals surface area contributed by atoms with Crippen LogP contribution in [0.1, 0.15) is 5.56 Å². The molecule has 0 unspecified atom stereocenters. The van der Waals surface area contributed by atoms with Crippen molar-refractivity contribution in [3.8, 4) is 67.6 Å². The highest BCUT2D eigenvalue weighted by molar-refractivity contribution is 7.01. The number of aromatic nitrogens is 3. The molecule has 496 valence electrons. The number of furan rings is 1. The summed E-state index contributed by atoms with van der Waals surface area (Å²) in [5, 5.41) is 19.1. The second-order valence-corrected chi connectivity index (χ2v) is 28.0. The van der Waals surface area contributed by atoms with Crippen molar-refractivity contribution in [2.75, 3.05) is 9.80 Å². The molecule has 2 aliphatic heterocycles. The van der Waals surface area contributed by atoms with Gasteiger partial charge in [-0.1, -0.05) is 255 Å². The van der Waals surface area contributed by atoms with Crippen molar-refractivity contribution in [3.63, 3.8) is 0 Å². The van der Waals surface area contributed by atoms with E-state index in [0.717, 1.165) is 205 Å². The van der Waals surface area contributed by atoms with Crippen molar-refractivity contribution in [1.82, 2.24) is 13.7 Å². The van der Waals surface area contributed by atoms with Gasteiger partial charge < -0.3 is 27.9 Å². The van der Waals surface area contributed by atoms with E-state index in [1.165, 1.54) is 0 Å². The van der Waals surface area contributed by atoms with Gasteiger partial charge in [0.1, 0.15) is 11.2 Å². The molecule has 4 aromatic heterocycles. The van der Waals surface area contributed by atoms with Crippen LogP contribution in [-0.4, -0.2) is 27.1 Å². The van der Waals surface area contributed by atoms with Gasteiger partial charge in [-0.3, -0.25) is 4.99 Å². The monoisotopic (exact) mass is 1360 g/mol. The average Bonchev–Trinajstić information content (AvgIpc) is 1.65. The second-order valence-electron chi connectivity index (χ2n) is 28.0. The normalized spacial score (nSPS) is 12.5. The third-order valence-electron chi connectivity index (χ3n) is 22.5. The van der Waals surface area contributed by atoms with Gasteiger partial charge in [-0.15, -0.1) is 0 Å². The second kappa shape index (κ2) is 23.5. The molecule has 0 saturated heterocycles.